The van der Waals surface area contributed by atoms with Gasteiger partial charge in [0.05, 0.1) is 33.1 Å². The number of hydrazone groups is 1. The summed E-state index contributed by atoms with van der Waals surface area (Å²) in [7, 11) is -3.42. The van der Waals surface area contributed by atoms with E-state index in [-0.39, 0.29) is 21.2 Å². The first-order valence-corrected chi connectivity index (χ1v) is 13.0. The van der Waals surface area contributed by atoms with E-state index in [1.54, 1.807) is 0 Å². The highest BCUT2D eigenvalue weighted by atomic mass is 35.5. The minimum atomic E-state index is -6.09. The lowest BCUT2D eigenvalue weighted by Gasteiger charge is -2.32. The summed E-state index contributed by atoms with van der Waals surface area (Å²) >= 11 is 6.17. The van der Waals surface area contributed by atoms with Gasteiger partial charge in [-0.15, -0.1) is 0 Å². The number of aliphatic hydroxyl groups is 1. The van der Waals surface area contributed by atoms with Gasteiger partial charge in [-0.05, 0) is 35.9 Å². The van der Waals surface area contributed by atoms with Crippen LogP contribution in [0.25, 0.3) is 11.3 Å². The Balaban J connectivity index is 1.75. The standard InChI is InChI=1S/C24H18ClF6N3O3S/c1-38(36,37)16-9-6-14(7-10-16)18-11-8-15(13-32-18)20-12-21(22(35,23(26,27)28)24(29,30)31)33-34(20)19-5-3-2-4-17(19)25/h2-11,13,20,35H,12H2,1H3. The molecule has 14 heteroatoms. The second-order valence-electron chi connectivity index (χ2n) is 8.54. The van der Waals surface area contributed by atoms with Crippen LogP contribution in [-0.2, 0) is 9.84 Å². The summed E-state index contributed by atoms with van der Waals surface area (Å²) in [6.45, 7) is 0. The molecule has 0 aliphatic carbocycles. The first-order valence-electron chi connectivity index (χ1n) is 10.8. The molecule has 0 bridgehead atoms. The number of anilines is 1. The summed E-state index contributed by atoms with van der Waals surface area (Å²) in [4.78, 5) is 4.34. The van der Waals surface area contributed by atoms with Crippen molar-refractivity contribution < 1.29 is 39.9 Å². The highest BCUT2D eigenvalue weighted by Crippen LogP contribution is 2.49. The van der Waals surface area contributed by atoms with Crippen LogP contribution in [0.2, 0.25) is 5.02 Å². The topological polar surface area (TPSA) is 82.9 Å². The molecule has 0 fully saturated rings. The smallest absolute Gasteiger partial charge is 0.369 e. The van der Waals surface area contributed by atoms with Crippen molar-refractivity contribution in [2.75, 3.05) is 11.3 Å². The van der Waals surface area contributed by atoms with Crippen LogP contribution in [0.1, 0.15) is 18.0 Å². The summed E-state index contributed by atoms with van der Waals surface area (Å²) in [5.41, 5.74) is -5.59. The monoisotopic (exact) mass is 577 g/mol. The van der Waals surface area contributed by atoms with Crippen molar-refractivity contribution in [1.29, 1.82) is 0 Å². The van der Waals surface area contributed by atoms with Gasteiger partial charge in [0, 0.05) is 24.4 Å². The van der Waals surface area contributed by atoms with Crippen molar-refractivity contribution in [3.05, 3.63) is 77.4 Å². The molecule has 1 N–H and O–H groups in total. The molecule has 6 nitrogen and oxygen atoms in total. The van der Waals surface area contributed by atoms with Gasteiger partial charge in [0.2, 0.25) is 0 Å². The lowest BCUT2D eigenvalue weighted by molar-refractivity contribution is -0.338. The van der Waals surface area contributed by atoms with Gasteiger partial charge in [0.1, 0.15) is 0 Å². The van der Waals surface area contributed by atoms with E-state index in [0.717, 1.165) is 11.3 Å². The summed E-state index contributed by atoms with van der Waals surface area (Å²) < 4.78 is 105. The van der Waals surface area contributed by atoms with E-state index in [1.165, 1.54) is 66.9 Å². The third-order valence-electron chi connectivity index (χ3n) is 6.00. The molecule has 1 aliphatic rings. The molecular weight excluding hydrogens is 560 g/mol. The van der Waals surface area contributed by atoms with Gasteiger partial charge in [0.25, 0.3) is 5.60 Å². The second-order valence-corrected chi connectivity index (χ2v) is 11.0. The Morgan fingerprint density at radius 2 is 1.55 bits per heavy atom. The number of rotatable bonds is 5. The Kier molecular flexibility index (Phi) is 7.00. The first-order chi connectivity index (χ1) is 17.5. The molecule has 0 spiro atoms. The highest BCUT2D eigenvalue weighted by Gasteiger charge is 2.74. The van der Waals surface area contributed by atoms with E-state index in [1.807, 2.05) is 0 Å². The number of halogens is 7. The Bertz CT molecular complexity index is 1460. The average molecular weight is 578 g/mol. The van der Waals surface area contributed by atoms with Crippen LogP contribution in [0.3, 0.4) is 0 Å². The Hall–Kier alpha value is -3.16. The number of sulfone groups is 1. The van der Waals surface area contributed by atoms with Crippen LogP contribution in [0, 0.1) is 0 Å². The maximum absolute atomic E-state index is 13.6. The second kappa shape index (κ2) is 9.54. The van der Waals surface area contributed by atoms with Gasteiger partial charge in [-0.3, -0.25) is 9.99 Å². The molecule has 202 valence electrons. The molecule has 1 aliphatic heterocycles. The van der Waals surface area contributed by atoms with Crippen LogP contribution < -0.4 is 5.01 Å². The molecule has 0 radical (unpaired) electrons. The van der Waals surface area contributed by atoms with Gasteiger partial charge in [-0.25, -0.2) is 8.42 Å². The Labute approximate surface area is 218 Å². The van der Waals surface area contributed by atoms with Crippen LogP contribution in [0.4, 0.5) is 32.0 Å². The normalized spacial score (nSPS) is 17.0. The van der Waals surface area contributed by atoms with E-state index in [9.17, 15) is 39.9 Å². The van der Waals surface area contributed by atoms with Crippen molar-refractivity contribution in [2.24, 2.45) is 5.10 Å². The zero-order valence-corrected chi connectivity index (χ0v) is 20.9. The van der Waals surface area contributed by atoms with Crippen molar-refractivity contribution >= 4 is 32.8 Å². The number of pyridine rings is 1. The summed E-state index contributed by atoms with van der Waals surface area (Å²) in [6, 6.07) is 13.3. The van der Waals surface area contributed by atoms with E-state index in [0.29, 0.717) is 11.3 Å². The van der Waals surface area contributed by atoms with Crippen LogP contribution in [0.15, 0.2) is 76.9 Å². The third-order valence-corrected chi connectivity index (χ3v) is 7.45. The van der Waals surface area contributed by atoms with Crippen LogP contribution in [0.5, 0.6) is 0 Å². The van der Waals surface area contributed by atoms with Crippen molar-refractivity contribution in [3.8, 4) is 11.3 Å². The number of nitrogens with zero attached hydrogens (tertiary/aromatic N) is 3. The molecule has 1 unspecified atom stereocenters. The fourth-order valence-corrected chi connectivity index (χ4v) is 4.84. The quantitative estimate of drug-likeness (QED) is 0.378. The van der Waals surface area contributed by atoms with Crippen LogP contribution >= 0.6 is 11.6 Å². The summed E-state index contributed by atoms with van der Waals surface area (Å²) in [5, 5.41) is 14.5. The lowest BCUT2D eigenvalue weighted by Crippen LogP contribution is -2.62. The minimum Gasteiger partial charge on any atom is -0.369 e. The SMILES string of the molecule is CS(=O)(=O)c1ccc(-c2ccc(C3CC(C(O)(C(F)(F)F)C(F)(F)F)=NN3c3ccccc3Cl)cn2)cc1. The molecule has 38 heavy (non-hydrogen) atoms. The Morgan fingerprint density at radius 3 is 2.05 bits per heavy atom. The summed E-state index contributed by atoms with van der Waals surface area (Å²) in [6.07, 6.45) is -10.8. The lowest BCUT2D eigenvalue weighted by atomic mass is 9.90. The number of aromatic nitrogens is 1. The molecule has 4 rings (SSSR count). The Morgan fingerprint density at radius 1 is 0.947 bits per heavy atom. The molecule has 1 atom stereocenters. The maximum Gasteiger partial charge on any atom is 0.431 e. The molecule has 1 aromatic heterocycles. The van der Waals surface area contributed by atoms with E-state index < -0.39 is 46.0 Å². The number of hydrogen-bond acceptors (Lipinski definition) is 6. The predicted octanol–water partition coefficient (Wildman–Crippen LogP) is 5.97. The fourth-order valence-electron chi connectivity index (χ4n) is 3.98. The molecule has 2 aromatic carbocycles. The van der Waals surface area contributed by atoms with Crippen molar-refractivity contribution in [2.45, 2.75) is 35.3 Å². The molecular formula is C24H18ClF6N3O3S. The third kappa shape index (κ3) is 4.97. The minimum absolute atomic E-state index is 0.0144. The summed E-state index contributed by atoms with van der Waals surface area (Å²) in [5.74, 6) is 0. The van der Waals surface area contributed by atoms with Crippen molar-refractivity contribution in [1.82, 2.24) is 4.98 Å². The largest absolute Gasteiger partial charge is 0.431 e. The van der Waals surface area contributed by atoms with Gasteiger partial charge < -0.3 is 5.11 Å². The van der Waals surface area contributed by atoms with Crippen LogP contribution in [-0.4, -0.2) is 48.4 Å². The van der Waals surface area contributed by atoms with E-state index in [2.05, 4.69) is 10.1 Å². The number of benzene rings is 2. The molecule has 0 saturated carbocycles. The van der Waals surface area contributed by atoms with E-state index in [4.69, 9.17) is 11.6 Å². The van der Waals surface area contributed by atoms with Gasteiger partial charge >= 0.3 is 12.4 Å². The van der Waals surface area contributed by atoms with E-state index >= 15 is 0 Å². The van der Waals surface area contributed by atoms with Gasteiger partial charge in [0.15, 0.2) is 9.84 Å². The zero-order valence-electron chi connectivity index (χ0n) is 19.3. The zero-order chi connectivity index (χ0) is 28.1. The molecule has 3 aromatic rings. The van der Waals surface area contributed by atoms with Crippen molar-refractivity contribution in [3.63, 3.8) is 0 Å². The van der Waals surface area contributed by atoms with Gasteiger partial charge in [-0.2, -0.15) is 31.4 Å². The molecule has 0 amide bonds. The molecule has 2 heterocycles. The van der Waals surface area contributed by atoms with Gasteiger partial charge in [-0.1, -0.05) is 41.9 Å². The average Bonchev–Trinajstić information content (AvgIpc) is 3.27. The molecule has 0 saturated heterocycles. The number of para-hydroxylation sites is 1. The highest BCUT2D eigenvalue weighted by molar-refractivity contribution is 7.90. The predicted molar refractivity (Wildman–Crippen MR) is 129 cm³/mol. The fraction of sp³-hybridized carbons (Fsp3) is 0.250. The number of hydrogen-bond donors (Lipinski definition) is 1. The number of alkyl halides is 6. The maximum atomic E-state index is 13.6. The first kappa shape index (κ1) is 27.9.